The van der Waals surface area contributed by atoms with E-state index in [2.05, 4.69) is 25.4 Å². The van der Waals surface area contributed by atoms with Crippen molar-refractivity contribution in [1.82, 2.24) is 24.1 Å². The molecule has 0 bridgehead atoms. The van der Waals surface area contributed by atoms with Gasteiger partial charge in [-0.1, -0.05) is 11.6 Å². The number of benzene rings is 1. The highest BCUT2D eigenvalue weighted by atomic mass is 35.5. The zero-order valence-corrected chi connectivity index (χ0v) is 17.2. The van der Waals surface area contributed by atoms with Crippen LogP contribution in [0.3, 0.4) is 0 Å². The van der Waals surface area contributed by atoms with Crippen molar-refractivity contribution < 1.29 is 14.6 Å². The Morgan fingerprint density at radius 1 is 1.38 bits per heavy atom. The zero-order chi connectivity index (χ0) is 22.4. The molecule has 1 aliphatic rings. The third-order valence-electron chi connectivity index (χ3n) is 4.96. The van der Waals surface area contributed by atoms with Crippen LogP contribution in [0.25, 0.3) is 11.7 Å². The lowest BCUT2D eigenvalue weighted by atomic mass is 10.3. The topological polar surface area (TPSA) is 133 Å². The number of imidazole rings is 1. The molecule has 3 heterocycles. The van der Waals surface area contributed by atoms with Crippen LogP contribution in [0, 0.1) is 5.82 Å². The average molecular weight is 458 g/mol. The van der Waals surface area contributed by atoms with Crippen molar-refractivity contribution in [3.8, 4) is 5.88 Å². The Morgan fingerprint density at radius 2 is 2.19 bits per heavy atom. The van der Waals surface area contributed by atoms with Crippen LogP contribution in [0.5, 0.6) is 5.88 Å². The molecular formula is C20H17ClFN7O3. The van der Waals surface area contributed by atoms with E-state index in [0.29, 0.717) is 27.2 Å². The quantitative estimate of drug-likeness (QED) is 0.353. The van der Waals surface area contributed by atoms with Gasteiger partial charge >= 0.3 is 5.69 Å². The maximum atomic E-state index is 14.2. The number of aromatic amines is 1. The van der Waals surface area contributed by atoms with Crippen LogP contribution in [0.4, 0.5) is 15.9 Å². The molecule has 1 fully saturated rings. The van der Waals surface area contributed by atoms with Crippen molar-refractivity contribution in [3.63, 3.8) is 0 Å². The lowest BCUT2D eigenvalue weighted by molar-refractivity contribution is 0.192. The minimum atomic E-state index is -0.675. The zero-order valence-electron chi connectivity index (χ0n) is 16.5. The van der Waals surface area contributed by atoms with Gasteiger partial charge in [-0.25, -0.2) is 18.7 Å². The molecule has 32 heavy (non-hydrogen) atoms. The number of aliphatic hydroxyl groups is 1. The van der Waals surface area contributed by atoms with Crippen molar-refractivity contribution in [2.24, 2.45) is 4.99 Å². The van der Waals surface area contributed by atoms with Crippen molar-refractivity contribution in [1.29, 1.82) is 0 Å². The number of nitrogens with zero attached hydrogens (tertiary/aromatic N) is 5. The summed E-state index contributed by atoms with van der Waals surface area (Å²) in [4.78, 5) is 23.5. The van der Waals surface area contributed by atoms with E-state index in [0.717, 1.165) is 17.4 Å². The number of nitrogens with one attached hydrogen (secondary N) is 2. The maximum absolute atomic E-state index is 14.2. The van der Waals surface area contributed by atoms with E-state index in [4.69, 9.17) is 11.6 Å². The second-order valence-electron chi connectivity index (χ2n) is 7.33. The number of aliphatic hydroxyl groups excluding tert-OH is 1. The molecular weight excluding hydrogens is 441 g/mol. The number of aromatic nitrogens is 5. The summed E-state index contributed by atoms with van der Waals surface area (Å²) in [7, 11) is 0. The van der Waals surface area contributed by atoms with Gasteiger partial charge in [-0.3, -0.25) is 4.99 Å². The van der Waals surface area contributed by atoms with Gasteiger partial charge in [-0.2, -0.15) is 9.61 Å². The van der Waals surface area contributed by atoms with E-state index in [-0.39, 0.29) is 17.4 Å². The largest absolute Gasteiger partial charge is 0.493 e. The smallest absolute Gasteiger partial charge is 0.330 e. The van der Waals surface area contributed by atoms with Crippen LogP contribution in [0.1, 0.15) is 18.5 Å². The molecule has 0 atom stereocenters. The van der Waals surface area contributed by atoms with Crippen LogP contribution in [0.2, 0.25) is 5.02 Å². The van der Waals surface area contributed by atoms with Gasteiger partial charge in [0.25, 0.3) is 0 Å². The van der Waals surface area contributed by atoms with Gasteiger partial charge in [0.1, 0.15) is 24.1 Å². The van der Waals surface area contributed by atoms with Crippen molar-refractivity contribution in [2.45, 2.75) is 25.6 Å². The molecule has 0 saturated heterocycles. The fourth-order valence-corrected chi connectivity index (χ4v) is 3.38. The Kier molecular flexibility index (Phi) is 4.91. The molecule has 0 unspecified atom stereocenters. The number of hydrogen-bond acceptors (Lipinski definition) is 7. The number of aromatic hydroxyl groups is 1. The fourth-order valence-electron chi connectivity index (χ4n) is 3.21. The van der Waals surface area contributed by atoms with Crippen molar-refractivity contribution in [3.05, 3.63) is 68.2 Å². The minimum Gasteiger partial charge on any atom is -0.493 e. The van der Waals surface area contributed by atoms with Gasteiger partial charge in [0.15, 0.2) is 11.1 Å². The monoisotopic (exact) mass is 457 g/mol. The summed E-state index contributed by atoms with van der Waals surface area (Å²) < 4.78 is 16.5. The summed E-state index contributed by atoms with van der Waals surface area (Å²) in [6.45, 7) is -0.675. The number of anilines is 2. The Hall–Kier alpha value is -3.70. The lowest BCUT2D eigenvalue weighted by Crippen LogP contribution is -2.20. The number of hydrogen-bond donors (Lipinski definition) is 4. The van der Waals surface area contributed by atoms with Gasteiger partial charge in [0.2, 0.25) is 5.88 Å². The van der Waals surface area contributed by atoms with Gasteiger partial charge in [-0.15, -0.1) is 0 Å². The number of fused-ring (bicyclic) bond motifs is 1. The molecule has 4 N–H and O–H groups in total. The molecule has 0 radical (unpaired) electrons. The van der Waals surface area contributed by atoms with E-state index in [1.165, 1.54) is 35.0 Å². The second-order valence-corrected chi connectivity index (χ2v) is 7.76. The summed E-state index contributed by atoms with van der Waals surface area (Å²) in [5, 5.41) is 27.5. The molecule has 5 rings (SSSR count). The normalized spacial score (nSPS) is 15.1. The molecule has 0 aliphatic heterocycles. The van der Waals surface area contributed by atoms with E-state index in [1.807, 2.05) is 0 Å². The molecule has 3 aromatic heterocycles. The summed E-state index contributed by atoms with van der Waals surface area (Å²) in [5.74, 6) is -0.598. The molecule has 1 aliphatic carbocycles. The Labute approximate surface area is 184 Å². The van der Waals surface area contributed by atoms with Gasteiger partial charge < -0.3 is 20.5 Å². The molecule has 12 heteroatoms. The van der Waals surface area contributed by atoms with Crippen molar-refractivity contribution >= 4 is 34.8 Å². The highest BCUT2D eigenvalue weighted by Crippen LogP contribution is 2.24. The first kappa shape index (κ1) is 20.2. The third-order valence-corrected chi connectivity index (χ3v) is 5.19. The molecule has 10 nitrogen and oxygen atoms in total. The number of H-pyrrole nitrogens is 1. The molecule has 1 aromatic carbocycles. The lowest BCUT2D eigenvalue weighted by Gasteiger charge is -2.08. The van der Waals surface area contributed by atoms with Crippen molar-refractivity contribution in [2.75, 3.05) is 5.32 Å². The molecule has 4 aromatic rings. The molecule has 0 spiro atoms. The Balaban J connectivity index is 1.69. The van der Waals surface area contributed by atoms with Crippen LogP contribution < -0.4 is 21.7 Å². The predicted octanol–water partition coefficient (Wildman–Crippen LogP) is 1.02. The SMILES string of the molecule is O=c1[nH]c(C=c2cnn3c(=NC4CC4)cc(Nc4cc(Cl)ccc4F)nc23)c(O)n1CO. The van der Waals surface area contributed by atoms with Crippen LogP contribution in [-0.4, -0.2) is 40.4 Å². The highest BCUT2D eigenvalue weighted by molar-refractivity contribution is 6.30. The van der Waals surface area contributed by atoms with Gasteiger partial charge in [-0.05, 0) is 37.1 Å². The summed E-state index contributed by atoms with van der Waals surface area (Å²) in [6, 6.07) is 5.99. The average Bonchev–Trinajstić information content (AvgIpc) is 3.42. The van der Waals surface area contributed by atoms with Crippen LogP contribution >= 0.6 is 11.6 Å². The maximum Gasteiger partial charge on any atom is 0.330 e. The standard InChI is InChI=1S/C20H17ClFN7O3/c21-11-1-4-13(22)14(6-11)25-16-7-17(24-12-2-3-12)29-18(27-16)10(8-23-29)5-15-19(31)28(9-30)20(32)26-15/h1,4-8,12,25,30-31H,2-3,9H2,(H,26,32). The summed E-state index contributed by atoms with van der Waals surface area (Å²) >= 11 is 5.99. The van der Waals surface area contributed by atoms with E-state index < -0.39 is 24.1 Å². The molecule has 1 saturated carbocycles. The minimum absolute atomic E-state index is 0.0840. The van der Waals surface area contributed by atoms with Gasteiger partial charge in [0, 0.05) is 16.3 Å². The third kappa shape index (κ3) is 3.72. The fraction of sp³-hybridized carbons (Fsp3) is 0.200. The van der Waals surface area contributed by atoms with Crippen LogP contribution in [-0.2, 0) is 6.73 Å². The van der Waals surface area contributed by atoms with E-state index >= 15 is 0 Å². The van der Waals surface area contributed by atoms with E-state index in [1.54, 1.807) is 6.07 Å². The van der Waals surface area contributed by atoms with Gasteiger partial charge in [0.05, 0.1) is 17.9 Å². The molecule has 0 amide bonds. The predicted molar refractivity (Wildman–Crippen MR) is 114 cm³/mol. The second kappa shape index (κ2) is 7.77. The first-order valence-corrected chi connectivity index (χ1v) is 10.1. The first-order chi connectivity index (χ1) is 15.4. The first-order valence-electron chi connectivity index (χ1n) is 9.72. The number of rotatable bonds is 5. The Bertz CT molecular complexity index is 1520. The number of halogens is 2. The molecule has 164 valence electrons. The summed E-state index contributed by atoms with van der Waals surface area (Å²) in [5.41, 5.74) is 0.463. The Morgan fingerprint density at radius 3 is 2.91 bits per heavy atom. The van der Waals surface area contributed by atoms with Crippen LogP contribution in [0.15, 0.2) is 40.2 Å². The highest BCUT2D eigenvalue weighted by Gasteiger charge is 2.20. The van der Waals surface area contributed by atoms with E-state index in [9.17, 15) is 19.4 Å². The summed E-state index contributed by atoms with van der Waals surface area (Å²) in [6.07, 6.45) is 4.92.